The van der Waals surface area contributed by atoms with E-state index in [-0.39, 0.29) is 0 Å². The van der Waals surface area contributed by atoms with E-state index in [1.54, 1.807) is 0 Å². The molecular formula is C16H23N3. The van der Waals surface area contributed by atoms with Crippen molar-refractivity contribution < 1.29 is 0 Å². The topological polar surface area (TPSA) is 29.9 Å². The fraction of sp³-hybridized carbons (Fsp3) is 0.438. The lowest BCUT2D eigenvalue weighted by molar-refractivity contribution is 0.672. The molecule has 0 aliphatic heterocycles. The first-order chi connectivity index (χ1) is 9.13. The molecule has 2 aromatic rings. The van der Waals surface area contributed by atoms with E-state index in [1.807, 2.05) is 10.9 Å². The van der Waals surface area contributed by atoms with Crippen LogP contribution in [0.15, 0.2) is 24.4 Å². The number of aromatic nitrogens is 2. The predicted molar refractivity (Wildman–Crippen MR) is 79.8 cm³/mol. The molecule has 0 saturated heterocycles. The molecule has 19 heavy (non-hydrogen) atoms. The molecule has 2 rings (SSSR count). The molecule has 1 heterocycles. The number of nitrogens with zero attached hydrogens (tertiary/aromatic N) is 2. The molecule has 0 radical (unpaired) electrons. The van der Waals surface area contributed by atoms with Crippen LogP contribution in [0.2, 0.25) is 0 Å². The summed E-state index contributed by atoms with van der Waals surface area (Å²) in [5, 5.41) is 7.94. The molecule has 0 aliphatic carbocycles. The number of rotatable bonds is 5. The van der Waals surface area contributed by atoms with Crippen molar-refractivity contribution in [3.63, 3.8) is 0 Å². The highest BCUT2D eigenvalue weighted by atomic mass is 15.3. The second-order valence-corrected chi connectivity index (χ2v) is 5.11. The summed E-state index contributed by atoms with van der Waals surface area (Å²) in [7, 11) is 0. The molecule has 0 fully saturated rings. The van der Waals surface area contributed by atoms with E-state index in [2.05, 4.69) is 56.3 Å². The first kappa shape index (κ1) is 13.8. The van der Waals surface area contributed by atoms with Crippen LogP contribution >= 0.6 is 0 Å². The Morgan fingerprint density at radius 3 is 2.63 bits per heavy atom. The van der Waals surface area contributed by atoms with Gasteiger partial charge in [-0.25, -0.2) is 4.68 Å². The zero-order valence-electron chi connectivity index (χ0n) is 12.3. The first-order valence-corrected chi connectivity index (χ1v) is 6.95. The minimum atomic E-state index is 0.893. The monoisotopic (exact) mass is 257 g/mol. The Kier molecular flexibility index (Phi) is 4.38. The van der Waals surface area contributed by atoms with Gasteiger partial charge in [0.25, 0.3) is 0 Å². The molecule has 0 unspecified atom stereocenters. The van der Waals surface area contributed by atoms with Gasteiger partial charge >= 0.3 is 0 Å². The van der Waals surface area contributed by atoms with Gasteiger partial charge in [0, 0.05) is 17.8 Å². The molecule has 0 atom stereocenters. The zero-order valence-corrected chi connectivity index (χ0v) is 12.3. The van der Waals surface area contributed by atoms with Crippen molar-refractivity contribution in [3.05, 3.63) is 46.8 Å². The third kappa shape index (κ3) is 3.04. The summed E-state index contributed by atoms with van der Waals surface area (Å²) in [6.07, 6.45) is 3.12. The van der Waals surface area contributed by atoms with E-state index in [0.717, 1.165) is 25.2 Å². The Bertz CT molecular complexity index is 555. The Labute approximate surface area is 115 Å². The lowest BCUT2D eigenvalue weighted by Crippen LogP contribution is -2.14. The fourth-order valence-electron chi connectivity index (χ4n) is 2.13. The molecule has 0 spiro atoms. The van der Waals surface area contributed by atoms with Gasteiger partial charge in [-0.05, 0) is 57.0 Å². The smallest absolute Gasteiger partial charge is 0.0651 e. The molecule has 0 aliphatic rings. The number of aryl methyl sites for hydroxylation is 2. The van der Waals surface area contributed by atoms with Crippen LogP contribution < -0.4 is 5.32 Å². The maximum atomic E-state index is 4.51. The van der Waals surface area contributed by atoms with Crippen LogP contribution in [0.25, 0.3) is 5.69 Å². The predicted octanol–water partition coefficient (Wildman–Crippen LogP) is 3.30. The summed E-state index contributed by atoms with van der Waals surface area (Å²) in [6, 6.07) is 6.48. The Morgan fingerprint density at radius 1 is 1.16 bits per heavy atom. The second kappa shape index (κ2) is 6.02. The molecular weight excluding hydrogens is 234 g/mol. The van der Waals surface area contributed by atoms with E-state index in [1.165, 1.54) is 22.4 Å². The Balaban J connectivity index is 2.23. The van der Waals surface area contributed by atoms with Gasteiger partial charge < -0.3 is 5.32 Å². The summed E-state index contributed by atoms with van der Waals surface area (Å²) in [5.41, 5.74) is 6.25. The minimum absolute atomic E-state index is 0.893. The number of hydrogen-bond acceptors (Lipinski definition) is 2. The van der Waals surface area contributed by atoms with Gasteiger partial charge in [-0.2, -0.15) is 5.10 Å². The average Bonchev–Trinajstić information content (AvgIpc) is 2.75. The van der Waals surface area contributed by atoms with Gasteiger partial charge in [0.05, 0.1) is 11.9 Å². The van der Waals surface area contributed by atoms with Gasteiger partial charge in [-0.15, -0.1) is 0 Å². The highest BCUT2D eigenvalue weighted by Gasteiger charge is 2.08. The summed E-state index contributed by atoms with van der Waals surface area (Å²) in [6.45, 7) is 10.5. The van der Waals surface area contributed by atoms with Crippen LogP contribution in [0.4, 0.5) is 0 Å². The van der Waals surface area contributed by atoms with Crippen molar-refractivity contribution in [1.29, 1.82) is 0 Å². The van der Waals surface area contributed by atoms with Crippen molar-refractivity contribution in [2.75, 3.05) is 6.54 Å². The fourth-order valence-corrected chi connectivity index (χ4v) is 2.13. The molecule has 0 saturated carbocycles. The van der Waals surface area contributed by atoms with Crippen molar-refractivity contribution in [2.24, 2.45) is 0 Å². The molecule has 0 bridgehead atoms. The summed E-state index contributed by atoms with van der Waals surface area (Å²) in [4.78, 5) is 0. The van der Waals surface area contributed by atoms with Crippen molar-refractivity contribution in [2.45, 2.75) is 40.7 Å². The Morgan fingerprint density at radius 2 is 1.95 bits per heavy atom. The first-order valence-electron chi connectivity index (χ1n) is 6.95. The van der Waals surface area contributed by atoms with Crippen LogP contribution in [-0.2, 0) is 6.54 Å². The normalized spacial score (nSPS) is 10.9. The molecule has 1 N–H and O–H groups in total. The maximum Gasteiger partial charge on any atom is 0.0651 e. The van der Waals surface area contributed by atoms with Crippen LogP contribution in [0.1, 0.15) is 35.7 Å². The lowest BCUT2D eigenvalue weighted by atomic mass is 10.1. The van der Waals surface area contributed by atoms with Crippen molar-refractivity contribution in [1.82, 2.24) is 15.1 Å². The van der Waals surface area contributed by atoms with E-state index in [0.29, 0.717) is 0 Å². The summed E-state index contributed by atoms with van der Waals surface area (Å²) in [5.74, 6) is 0. The molecule has 3 nitrogen and oxygen atoms in total. The van der Waals surface area contributed by atoms with Gasteiger partial charge in [-0.1, -0.05) is 13.0 Å². The number of benzene rings is 1. The van der Waals surface area contributed by atoms with Crippen molar-refractivity contribution in [3.8, 4) is 5.69 Å². The summed E-state index contributed by atoms with van der Waals surface area (Å²) >= 11 is 0. The Hall–Kier alpha value is -1.61. The quantitative estimate of drug-likeness (QED) is 0.833. The van der Waals surface area contributed by atoms with Crippen LogP contribution in [0.5, 0.6) is 0 Å². The van der Waals surface area contributed by atoms with Crippen LogP contribution in [-0.4, -0.2) is 16.3 Å². The minimum Gasteiger partial charge on any atom is -0.313 e. The van der Waals surface area contributed by atoms with Crippen LogP contribution in [0, 0.1) is 20.8 Å². The maximum absolute atomic E-state index is 4.51. The lowest BCUT2D eigenvalue weighted by Gasteiger charge is -2.08. The van der Waals surface area contributed by atoms with Gasteiger partial charge in [0.1, 0.15) is 0 Å². The third-order valence-electron chi connectivity index (χ3n) is 3.59. The van der Waals surface area contributed by atoms with Crippen molar-refractivity contribution >= 4 is 0 Å². The van der Waals surface area contributed by atoms with E-state index >= 15 is 0 Å². The summed E-state index contributed by atoms with van der Waals surface area (Å²) < 4.78 is 2.02. The van der Waals surface area contributed by atoms with E-state index in [4.69, 9.17) is 0 Å². The van der Waals surface area contributed by atoms with E-state index in [9.17, 15) is 0 Å². The SMILES string of the molecule is CCCNCc1cnn(-c2ccc(C)c(C)c2)c1C. The van der Waals surface area contributed by atoms with Crippen LogP contribution in [0.3, 0.4) is 0 Å². The van der Waals surface area contributed by atoms with E-state index < -0.39 is 0 Å². The van der Waals surface area contributed by atoms with Gasteiger partial charge in [0.15, 0.2) is 0 Å². The largest absolute Gasteiger partial charge is 0.313 e. The van der Waals surface area contributed by atoms with Gasteiger partial charge in [-0.3, -0.25) is 0 Å². The second-order valence-electron chi connectivity index (χ2n) is 5.11. The highest BCUT2D eigenvalue weighted by molar-refractivity contribution is 5.41. The molecule has 102 valence electrons. The standard InChI is InChI=1S/C16H23N3/c1-5-8-17-10-15-11-18-19(14(15)4)16-7-6-12(2)13(3)9-16/h6-7,9,11,17H,5,8,10H2,1-4H3. The highest BCUT2D eigenvalue weighted by Crippen LogP contribution is 2.17. The third-order valence-corrected chi connectivity index (χ3v) is 3.59. The molecule has 1 aromatic heterocycles. The molecule has 0 amide bonds. The average molecular weight is 257 g/mol. The zero-order chi connectivity index (χ0) is 13.8. The van der Waals surface area contributed by atoms with Gasteiger partial charge in [0.2, 0.25) is 0 Å². The molecule has 1 aromatic carbocycles. The molecule has 3 heteroatoms. The number of nitrogens with one attached hydrogen (secondary N) is 1. The number of hydrogen-bond donors (Lipinski definition) is 1.